The van der Waals surface area contributed by atoms with Crippen LogP contribution in [0.2, 0.25) is 5.02 Å². The summed E-state index contributed by atoms with van der Waals surface area (Å²) in [6.07, 6.45) is 2.74. The summed E-state index contributed by atoms with van der Waals surface area (Å²) < 4.78 is 0. The zero-order chi connectivity index (χ0) is 13.8. The van der Waals surface area contributed by atoms with E-state index in [9.17, 15) is 4.79 Å². The van der Waals surface area contributed by atoms with Crippen molar-refractivity contribution in [1.82, 2.24) is 5.32 Å². The van der Waals surface area contributed by atoms with Gasteiger partial charge >= 0.3 is 0 Å². The molecule has 0 radical (unpaired) electrons. The van der Waals surface area contributed by atoms with Crippen LogP contribution >= 0.6 is 36.4 Å². The predicted molar refractivity (Wildman–Crippen MR) is 94.5 cm³/mol. The zero-order valence-electron chi connectivity index (χ0n) is 12.2. The Hall–Kier alpha value is -0.680. The third-order valence-corrected chi connectivity index (χ3v) is 3.54. The van der Waals surface area contributed by atoms with Crippen molar-refractivity contribution >= 4 is 53.7 Å². The lowest BCUT2D eigenvalue weighted by molar-refractivity contribution is -0.116. The summed E-state index contributed by atoms with van der Waals surface area (Å²) in [5.41, 5.74) is 1.72. The molecule has 21 heavy (non-hydrogen) atoms. The fourth-order valence-electron chi connectivity index (χ4n) is 2.35. The predicted octanol–water partition coefficient (Wildman–Crippen LogP) is 3.33. The van der Waals surface area contributed by atoms with E-state index in [1.807, 2.05) is 31.1 Å². The number of nitrogens with zero attached hydrogens (tertiary/aromatic N) is 1. The molecule has 2 rings (SSSR count). The van der Waals surface area contributed by atoms with Crippen LogP contribution in [0.25, 0.3) is 0 Å². The zero-order valence-corrected chi connectivity index (χ0v) is 14.6. The lowest BCUT2D eigenvalue weighted by Gasteiger charge is -2.19. The average Bonchev–Trinajstić information content (AvgIpc) is 2.81. The number of halogens is 3. The molecule has 120 valence electrons. The van der Waals surface area contributed by atoms with Gasteiger partial charge < -0.3 is 15.5 Å². The number of hydrogen-bond donors (Lipinski definition) is 2. The number of benzene rings is 1. The molecule has 1 atom stereocenters. The van der Waals surface area contributed by atoms with Crippen LogP contribution in [0.15, 0.2) is 18.2 Å². The molecule has 0 aliphatic carbocycles. The standard InChI is InChI=1S/C14H20ClN3O.2ClH/c1-18(2)13-6-5-10(15)8-12(13)17-14(19)9-11-4-3-7-16-11;;/h5-6,8,11,16H,3-4,7,9H2,1-2H3,(H,17,19);2*1H. The molecule has 1 aliphatic rings. The molecule has 1 unspecified atom stereocenters. The monoisotopic (exact) mass is 353 g/mol. The second-order valence-corrected chi connectivity index (χ2v) is 5.54. The lowest BCUT2D eigenvalue weighted by atomic mass is 10.1. The Morgan fingerprint density at radius 3 is 2.71 bits per heavy atom. The van der Waals surface area contributed by atoms with Crippen LogP contribution in [0.4, 0.5) is 11.4 Å². The van der Waals surface area contributed by atoms with E-state index in [4.69, 9.17) is 11.6 Å². The first-order valence-electron chi connectivity index (χ1n) is 6.56. The number of amides is 1. The van der Waals surface area contributed by atoms with Crippen molar-refractivity contribution in [3.8, 4) is 0 Å². The Morgan fingerprint density at radius 1 is 1.43 bits per heavy atom. The molecule has 1 aromatic rings. The highest BCUT2D eigenvalue weighted by Gasteiger charge is 2.18. The molecule has 0 aromatic heterocycles. The van der Waals surface area contributed by atoms with Crippen molar-refractivity contribution in [2.24, 2.45) is 0 Å². The fraction of sp³-hybridized carbons (Fsp3) is 0.500. The van der Waals surface area contributed by atoms with E-state index in [1.165, 1.54) is 0 Å². The molecule has 2 N–H and O–H groups in total. The summed E-state index contributed by atoms with van der Waals surface area (Å²) in [5.74, 6) is 0.0322. The number of hydrogen-bond acceptors (Lipinski definition) is 3. The van der Waals surface area contributed by atoms with Gasteiger partial charge in [0.1, 0.15) is 0 Å². The fourth-order valence-corrected chi connectivity index (χ4v) is 2.53. The highest BCUT2D eigenvalue weighted by Crippen LogP contribution is 2.28. The molecule has 0 bridgehead atoms. The summed E-state index contributed by atoms with van der Waals surface area (Å²) in [4.78, 5) is 14.0. The molecule has 1 amide bonds. The van der Waals surface area contributed by atoms with Gasteiger partial charge in [-0.15, -0.1) is 24.8 Å². The van der Waals surface area contributed by atoms with Gasteiger partial charge in [0.05, 0.1) is 11.4 Å². The highest BCUT2D eigenvalue weighted by molar-refractivity contribution is 6.31. The maximum absolute atomic E-state index is 12.0. The molecule has 1 heterocycles. The van der Waals surface area contributed by atoms with Crippen molar-refractivity contribution < 1.29 is 4.79 Å². The Morgan fingerprint density at radius 2 is 2.14 bits per heavy atom. The molecule has 0 spiro atoms. The Balaban J connectivity index is 0.00000200. The summed E-state index contributed by atoms with van der Waals surface area (Å²) in [7, 11) is 3.88. The van der Waals surface area contributed by atoms with Crippen molar-refractivity contribution in [3.63, 3.8) is 0 Å². The van der Waals surface area contributed by atoms with E-state index in [0.717, 1.165) is 30.8 Å². The molecule has 1 fully saturated rings. The molecule has 1 aliphatic heterocycles. The third kappa shape index (κ3) is 5.91. The van der Waals surface area contributed by atoms with Crippen LogP contribution in [0.5, 0.6) is 0 Å². The maximum atomic E-state index is 12.0. The van der Waals surface area contributed by atoms with E-state index in [1.54, 1.807) is 6.07 Å². The van der Waals surface area contributed by atoms with E-state index >= 15 is 0 Å². The van der Waals surface area contributed by atoms with Gasteiger partial charge in [-0.2, -0.15) is 0 Å². The lowest BCUT2D eigenvalue weighted by Crippen LogP contribution is -2.28. The average molecular weight is 355 g/mol. The minimum absolute atomic E-state index is 0. The Labute approximate surface area is 143 Å². The van der Waals surface area contributed by atoms with Crippen molar-refractivity contribution in [2.45, 2.75) is 25.3 Å². The van der Waals surface area contributed by atoms with E-state index in [0.29, 0.717) is 17.5 Å². The van der Waals surface area contributed by atoms with Crippen molar-refractivity contribution in [2.75, 3.05) is 30.9 Å². The SMILES string of the molecule is CN(C)c1ccc(Cl)cc1NC(=O)CC1CCCN1.Cl.Cl. The van der Waals surface area contributed by atoms with Gasteiger partial charge in [0, 0.05) is 31.6 Å². The van der Waals surface area contributed by atoms with Gasteiger partial charge in [-0.1, -0.05) is 11.6 Å². The summed E-state index contributed by atoms with van der Waals surface area (Å²) >= 11 is 5.99. The smallest absolute Gasteiger partial charge is 0.225 e. The molecule has 0 saturated carbocycles. The number of rotatable bonds is 4. The summed E-state index contributed by atoms with van der Waals surface area (Å²) in [5, 5.41) is 6.90. The van der Waals surface area contributed by atoms with Crippen LogP contribution in [-0.4, -0.2) is 32.6 Å². The normalized spacial score (nSPS) is 16.6. The molecule has 1 aromatic carbocycles. The molecule has 1 saturated heterocycles. The van der Waals surface area contributed by atoms with Gasteiger partial charge in [-0.05, 0) is 37.6 Å². The van der Waals surface area contributed by atoms with Crippen LogP contribution in [0, 0.1) is 0 Å². The first-order valence-corrected chi connectivity index (χ1v) is 6.94. The van der Waals surface area contributed by atoms with Gasteiger partial charge in [-0.25, -0.2) is 0 Å². The van der Waals surface area contributed by atoms with E-state index in [-0.39, 0.29) is 30.7 Å². The first kappa shape index (κ1) is 20.3. The Kier molecular flexibility index (Phi) is 9.06. The van der Waals surface area contributed by atoms with E-state index in [2.05, 4.69) is 10.6 Å². The van der Waals surface area contributed by atoms with Gasteiger partial charge in [-0.3, -0.25) is 4.79 Å². The largest absolute Gasteiger partial charge is 0.376 e. The first-order chi connectivity index (χ1) is 9.06. The number of carbonyl (C=O) groups is 1. The minimum atomic E-state index is 0. The maximum Gasteiger partial charge on any atom is 0.225 e. The van der Waals surface area contributed by atoms with Crippen LogP contribution < -0.4 is 15.5 Å². The van der Waals surface area contributed by atoms with Gasteiger partial charge in [0.2, 0.25) is 5.91 Å². The molecule has 4 nitrogen and oxygen atoms in total. The molecular formula is C14H22Cl3N3O. The van der Waals surface area contributed by atoms with Gasteiger partial charge in [0.25, 0.3) is 0 Å². The third-order valence-electron chi connectivity index (χ3n) is 3.31. The summed E-state index contributed by atoms with van der Waals surface area (Å²) in [6.45, 7) is 1.01. The van der Waals surface area contributed by atoms with E-state index < -0.39 is 0 Å². The van der Waals surface area contributed by atoms with Crippen molar-refractivity contribution in [3.05, 3.63) is 23.2 Å². The quantitative estimate of drug-likeness (QED) is 0.871. The molecule has 7 heteroatoms. The van der Waals surface area contributed by atoms with Crippen LogP contribution in [0.1, 0.15) is 19.3 Å². The Bertz CT molecular complexity index is 463. The number of anilines is 2. The highest BCUT2D eigenvalue weighted by atomic mass is 35.5. The summed E-state index contributed by atoms with van der Waals surface area (Å²) in [6, 6.07) is 5.83. The molecular weight excluding hydrogens is 333 g/mol. The number of carbonyl (C=O) groups excluding carboxylic acids is 1. The van der Waals surface area contributed by atoms with Crippen LogP contribution in [0.3, 0.4) is 0 Å². The van der Waals surface area contributed by atoms with Gasteiger partial charge in [0.15, 0.2) is 0 Å². The van der Waals surface area contributed by atoms with Crippen LogP contribution in [-0.2, 0) is 4.79 Å². The van der Waals surface area contributed by atoms with Crippen molar-refractivity contribution in [1.29, 1.82) is 0 Å². The number of nitrogens with one attached hydrogen (secondary N) is 2. The topological polar surface area (TPSA) is 44.4 Å². The minimum Gasteiger partial charge on any atom is -0.376 e. The second-order valence-electron chi connectivity index (χ2n) is 5.10. The second kappa shape index (κ2) is 9.36.